The van der Waals surface area contributed by atoms with E-state index in [1.165, 1.54) is 31.4 Å². The number of nitrogens with zero attached hydrogens (tertiary/aromatic N) is 2. The van der Waals surface area contributed by atoms with Gasteiger partial charge < -0.3 is 20.3 Å². The summed E-state index contributed by atoms with van der Waals surface area (Å²) in [6.07, 6.45) is 0. The number of esters is 1. The Morgan fingerprint density at radius 3 is 2.53 bits per heavy atom. The lowest BCUT2D eigenvalue weighted by Crippen LogP contribution is -2.47. The summed E-state index contributed by atoms with van der Waals surface area (Å²) in [6, 6.07) is 11.8. The maximum atomic E-state index is 12.6. The molecule has 0 bridgehead atoms. The molecule has 9 nitrogen and oxygen atoms in total. The molecule has 1 aliphatic heterocycles. The second-order valence-corrected chi connectivity index (χ2v) is 7.39. The molecule has 0 aromatic heterocycles. The Morgan fingerprint density at radius 2 is 1.94 bits per heavy atom. The fourth-order valence-electron chi connectivity index (χ4n) is 3.52. The minimum absolute atomic E-state index is 0.0958. The molecule has 0 fully saturated rings. The molecule has 0 aliphatic carbocycles. The van der Waals surface area contributed by atoms with Crippen LogP contribution in [0, 0.1) is 10.1 Å². The van der Waals surface area contributed by atoms with Gasteiger partial charge in [0, 0.05) is 35.6 Å². The molecule has 0 unspecified atom stereocenters. The first-order valence-corrected chi connectivity index (χ1v) is 10.2. The van der Waals surface area contributed by atoms with Gasteiger partial charge in [0.15, 0.2) is 5.11 Å². The molecule has 0 radical (unpaired) electrons. The molecule has 0 spiro atoms. The molecule has 0 saturated heterocycles. The smallest absolute Gasteiger partial charge is 0.337 e. The van der Waals surface area contributed by atoms with Crippen LogP contribution in [0.2, 0.25) is 0 Å². The number of thiocarbonyl (C=S) groups is 1. The number of benzene rings is 2. The largest absolute Gasteiger partial charge is 0.466 e. The van der Waals surface area contributed by atoms with Crippen LogP contribution >= 0.6 is 12.2 Å². The number of hydrogen-bond acceptors (Lipinski definition) is 6. The van der Waals surface area contributed by atoms with Gasteiger partial charge in [-0.2, -0.15) is 0 Å². The Bertz CT molecular complexity index is 1110. The van der Waals surface area contributed by atoms with Crippen molar-refractivity contribution in [1.82, 2.24) is 10.2 Å². The van der Waals surface area contributed by atoms with Gasteiger partial charge in [0.25, 0.3) is 11.6 Å². The molecule has 2 aromatic carbocycles. The maximum absolute atomic E-state index is 12.6. The van der Waals surface area contributed by atoms with Gasteiger partial charge in [0.1, 0.15) is 0 Å². The highest BCUT2D eigenvalue weighted by molar-refractivity contribution is 7.80. The standard InChI is InChI=1S/C22H22N4O5S/c1-4-25-13(2)18(21(28)31-3)19(24-22(25)32)15-6-5-7-16(12-15)23-20(27)14-8-10-17(11-9-14)26(29)30/h5-12,19H,4H2,1-3H3,(H,23,27)(H,24,32)/t19-/m0/s1. The topological polar surface area (TPSA) is 114 Å². The number of anilines is 1. The van der Waals surface area contributed by atoms with Crippen molar-refractivity contribution in [2.75, 3.05) is 19.0 Å². The average molecular weight is 455 g/mol. The number of amides is 1. The third kappa shape index (κ3) is 4.59. The lowest BCUT2D eigenvalue weighted by Gasteiger charge is -2.37. The molecular weight excluding hydrogens is 432 g/mol. The Hall–Kier alpha value is -3.79. The van der Waals surface area contributed by atoms with Crippen LogP contribution in [0.3, 0.4) is 0 Å². The third-order valence-corrected chi connectivity index (χ3v) is 5.47. The first kappa shape index (κ1) is 22.9. The van der Waals surface area contributed by atoms with Crippen molar-refractivity contribution < 1.29 is 19.2 Å². The number of non-ortho nitro benzene ring substituents is 1. The van der Waals surface area contributed by atoms with Crippen LogP contribution in [-0.2, 0) is 9.53 Å². The highest BCUT2D eigenvalue weighted by atomic mass is 32.1. The molecule has 0 saturated carbocycles. The minimum atomic E-state index is -0.547. The van der Waals surface area contributed by atoms with Crippen molar-refractivity contribution >= 4 is 40.6 Å². The van der Waals surface area contributed by atoms with Crippen molar-refractivity contribution in [3.05, 3.63) is 81.0 Å². The second kappa shape index (κ2) is 9.56. The Labute approximate surface area is 190 Å². The molecule has 1 aliphatic rings. The summed E-state index contributed by atoms with van der Waals surface area (Å²) < 4.78 is 4.99. The van der Waals surface area contributed by atoms with Crippen LogP contribution in [0.15, 0.2) is 59.8 Å². The fraction of sp³-hybridized carbons (Fsp3) is 0.227. The third-order valence-electron chi connectivity index (χ3n) is 5.14. The SMILES string of the molecule is CCN1C(=S)N[C@@H](c2cccc(NC(=O)c3ccc([N+](=O)[O-])cc3)c2)C(C(=O)OC)=C1C. The molecule has 3 rings (SSSR count). The van der Waals surface area contributed by atoms with Gasteiger partial charge >= 0.3 is 5.97 Å². The van der Waals surface area contributed by atoms with E-state index in [-0.39, 0.29) is 11.3 Å². The van der Waals surface area contributed by atoms with E-state index >= 15 is 0 Å². The summed E-state index contributed by atoms with van der Waals surface area (Å²) in [5.74, 6) is -0.887. The Balaban J connectivity index is 1.89. The summed E-state index contributed by atoms with van der Waals surface area (Å²) in [5, 5.41) is 17.2. The summed E-state index contributed by atoms with van der Waals surface area (Å²) in [6.45, 7) is 4.34. The molecule has 1 heterocycles. The number of nitro groups is 1. The van der Waals surface area contributed by atoms with E-state index in [9.17, 15) is 19.7 Å². The van der Waals surface area contributed by atoms with Gasteiger partial charge in [0.05, 0.1) is 23.6 Å². The summed E-state index contributed by atoms with van der Waals surface area (Å²) in [4.78, 5) is 37.2. The number of carbonyl (C=O) groups is 2. The summed E-state index contributed by atoms with van der Waals surface area (Å²) in [7, 11) is 1.32. The van der Waals surface area contributed by atoms with Crippen molar-refractivity contribution in [2.45, 2.75) is 19.9 Å². The van der Waals surface area contributed by atoms with Crippen LogP contribution in [0.25, 0.3) is 0 Å². The first-order chi connectivity index (χ1) is 15.3. The molecule has 2 aromatic rings. The maximum Gasteiger partial charge on any atom is 0.337 e. The minimum Gasteiger partial charge on any atom is -0.466 e. The van der Waals surface area contributed by atoms with Crippen LogP contribution in [0.1, 0.15) is 35.8 Å². The summed E-state index contributed by atoms with van der Waals surface area (Å²) in [5.41, 5.74) is 2.53. The summed E-state index contributed by atoms with van der Waals surface area (Å²) >= 11 is 5.46. The molecule has 166 valence electrons. The number of methoxy groups -OCH3 is 1. The second-order valence-electron chi connectivity index (χ2n) is 7.00. The van der Waals surface area contributed by atoms with E-state index in [1.54, 1.807) is 18.2 Å². The predicted octanol–water partition coefficient (Wildman–Crippen LogP) is 3.55. The van der Waals surface area contributed by atoms with Crippen LogP contribution < -0.4 is 10.6 Å². The van der Waals surface area contributed by atoms with E-state index in [0.29, 0.717) is 34.2 Å². The van der Waals surface area contributed by atoms with Crippen molar-refractivity contribution in [2.24, 2.45) is 0 Å². The molecular formula is C22H22N4O5S. The Morgan fingerprint density at radius 1 is 1.25 bits per heavy atom. The van der Waals surface area contributed by atoms with Gasteiger partial charge in [-0.1, -0.05) is 12.1 Å². The van der Waals surface area contributed by atoms with Gasteiger partial charge in [0.2, 0.25) is 0 Å². The van der Waals surface area contributed by atoms with Crippen molar-refractivity contribution in [3.63, 3.8) is 0 Å². The van der Waals surface area contributed by atoms with E-state index < -0.39 is 22.8 Å². The normalized spacial score (nSPS) is 15.8. The fourth-order valence-corrected chi connectivity index (χ4v) is 3.90. The van der Waals surface area contributed by atoms with E-state index in [0.717, 1.165) is 0 Å². The van der Waals surface area contributed by atoms with E-state index in [2.05, 4.69) is 10.6 Å². The zero-order valence-electron chi connectivity index (χ0n) is 17.7. The van der Waals surface area contributed by atoms with Gasteiger partial charge in [-0.05, 0) is 55.9 Å². The molecule has 1 amide bonds. The van der Waals surface area contributed by atoms with E-state index in [1.807, 2.05) is 24.8 Å². The van der Waals surface area contributed by atoms with E-state index in [4.69, 9.17) is 17.0 Å². The Kier molecular flexibility index (Phi) is 6.84. The number of carbonyl (C=O) groups excluding carboxylic acids is 2. The molecule has 2 N–H and O–H groups in total. The monoisotopic (exact) mass is 454 g/mol. The molecule has 32 heavy (non-hydrogen) atoms. The number of nitro benzene ring substituents is 1. The highest BCUT2D eigenvalue weighted by Crippen LogP contribution is 2.32. The van der Waals surface area contributed by atoms with Crippen molar-refractivity contribution in [1.29, 1.82) is 0 Å². The number of rotatable bonds is 6. The number of allylic oxidation sites excluding steroid dienone is 1. The molecule has 10 heteroatoms. The van der Waals surface area contributed by atoms with Gasteiger partial charge in [-0.15, -0.1) is 0 Å². The zero-order valence-corrected chi connectivity index (χ0v) is 18.6. The van der Waals surface area contributed by atoms with Crippen LogP contribution in [0.4, 0.5) is 11.4 Å². The quantitative estimate of drug-likeness (QED) is 0.295. The lowest BCUT2D eigenvalue weighted by atomic mass is 9.94. The number of hydrogen-bond donors (Lipinski definition) is 2. The zero-order chi connectivity index (χ0) is 23.4. The average Bonchev–Trinajstić information content (AvgIpc) is 2.78. The van der Waals surface area contributed by atoms with Gasteiger partial charge in [-0.25, -0.2) is 4.79 Å². The number of nitrogens with one attached hydrogen (secondary N) is 2. The first-order valence-electron chi connectivity index (χ1n) is 9.79. The number of ether oxygens (including phenoxy) is 1. The highest BCUT2D eigenvalue weighted by Gasteiger charge is 2.34. The van der Waals surface area contributed by atoms with Gasteiger partial charge in [-0.3, -0.25) is 14.9 Å². The van der Waals surface area contributed by atoms with Crippen molar-refractivity contribution in [3.8, 4) is 0 Å². The van der Waals surface area contributed by atoms with Crippen LogP contribution in [-0.4, -0.2) is 40.5 Å². The lowest BCUT2D eigenvalue weighted by molar-refractivity contribution is -0.384. The van der Waals surface area contributed by atoms with Crippen LogP contribution in [0.5, 0.6) is 0 Å². The molecule has 1 atom stereocenters. The predicted molar refractivity (Wildman–Crippen MR) is 123 cm³/mol.